The second-order valence-electron chi connectivity index (χ2n) is 2.50. The lowest BCUT2D eigenvalue weighted by atomic mass is 10.1. The Labute approximate surface area is 73.5 Å². The Balaban J connectivity index is 3.37. The van der Waals surface area contributed by atoms with Crippen LogP contribution in [0, 0.1) is 11.6 Å². The standard InChI is InChI=1S/C8H8F2N2O/c1-4(12-11)8-6(10)2-5(9)3-7(8)13/h2-3,13H,11H2,1H3/b12-4+. The number of aromatic hydroxyl groups is 1. The molecule has 0 radical (unpaired) electrons. The summed E-state index contributed by atoms with van der Waals surface area (Å²) in [5.74, 6) is 2.66. The van der Waals surface area contributed by atoms with Crippen molar-refractivity contribution in [3.63, 3.8) is 0 Å². The van der Waals surface area contributed by atoms with Crippen LogP contribution in [0.2, 0.25) is 0 Å². The van der Waals surface area contributed by atoms with Gasteiger partial charge in [-0.25, -0.2) is 8.78 Å². The van der Waals surface area contributed by atoms with Crippen LogP contribution in [0.25, 0.3) is 0 Å². The summed E-state index contributed by atoms with van der Waals surface area (Å²) in [6.07, 6.45) is 0. The van der Waals surface area contributed by atoms with Gasteiger partial charge in [-0.1, -0.05) is 0 Å². The van der Waals surface area contributed by atoms with Gasteiger partial charge in [-0.15, -0.1) is 0 Å². The molecule has 0 aliphatic heterocycles. The maximum absolute atomic E-state index is 13.0. The fourth-order valence-corrected chi connectivity index (χ4v) is 0.983. The summed E-state index contributed by atoms with van der Waals surface area (Å²) >= 11 is 0. The molecule has 0 saturated carbocycles. The predicted molar refractivity (Wildman–Crippen MR) is 44.4 cm³/mol. The number of benzene rings is 1. The minimum Gasteiger partial charge on any atom is -0.507 e. The van der Waals surface area contributed by atoms with Gasteiger partial charge >= 0.3 is 0 Å². The molecule has 1 aromatic carbocycles. The first-order valence-corrected chi connectivity index (χ1v) is 3.49. The fourth-order valence-electron chi connectivity index (χ4n) is 0.983. The van der Waals surface area contributed by atoms with Crippen LogP contribution in [0.5, 0.6) is 5.75 Å². The van der Waals surface area contributed by atoms with Gasteiger partial charge in [0.2, 0.25) is 0 Å². The largest absolute Gasteiger partial charge is 0.507 e. The van der Waals surface area contributed by atoms with Gasteiger partial charge in [-0.3, -0.25) is 0 Å². The minimum atomic E-state index is -0.885. The van der Waals surface area contributed by atoms with Gasteiger partial charge in [0.25, 0.3) is 0 Å². The molecule has 1 aromatic rings. The molecular weight excluding hydrogens is 178 g/mol. The molecule has 0 spiro atoms. The summed E-state index contributed by atoms with van der Waals surface area (Å²) in [5.41, 5.74) is -0.0705. The van der Waals surface area contributed by atoms with Crippen LogP contribution in [-0.4, -0.2) is 10.8 Å². The first-order chi connectivity index (χ1) is 6.06. The topological polar surface area (TPSA) is 58.6 Å². The van der Waals surface area contributed by atoms with Crippen molar-refractivity contribution >= 4 is 5.71 Å². The van der Waals surface area contributed by atoms with Crippen molar-refractivity contribution in [2.24, 2.45) is 10.9 Å². The summed E-state index contributed by atoms with van der Waals surface area (Å²) in [4.78, 5) is 0. The second-order valence-corrected chi connectivity index (χ2v) is 2.50. The van der Waals surface area contributed by atoms with E-state index in [1.165, 1.54) is 6.92 Å². The number of phenolic OH excluding ortho intramolecular Hbond substituents is 1. The molecule has 0 atom stereocenters. The Kier molecular flexibility index (Phi) is 2.46. The van der Waals surface area contributed by atoms with Gasteiger partial charge in [-0.2, -0.15) is 5.10 Å². The molecule has 0 amide bonds. The van der Waals surface area contributed by atoms with E-state index in [-0.39, 0.29) is 11.3 Å². The van der Waals surface area contributed by atoms with E-state index < -0.39 is 17.4 Å². The number of rotatable bonds is 1. The lowest BCUT2D eigenvalue weighted by molar-refractivity contribution is 0.458. The summed E-state index contributed by atoms with van der Waals surface area (Å²) < 4.78 is 25.5. The molecule has 0 fully saturated rings. The van der Waals surface area contributed by atoms with Crippen molar-refractivity contribution < 1.29 is 13.9 Å². The number of nitrogens with zero attached hydrogens (tertiary/aromatic N) is 1. The first-order valence-electron chi connectivity index (χ1n) is 3.49. The van der Waals surface area contributed by atoms with Gasteiger partial charge in [0, 0.05) is 12.1 Å². The number of nitrogens with two attached hydrogens (primary N) is 1. The lowest BCUT2D eigenvalue weighted by Crippen LogP contribution is -2.03. The molecular formula is C8H8F2N2O. The Morgan fingerprint density at radius 2 is 2.08 bits per heavy atom. The monoisotopic (exact) mass is 186 g/mol. The van der Waals surface area contributed by atoms with E-state index in [1.807, 2.05) is 0 Å². The summed E-state index contributed by atoms with van der Waals surface area (Å²) in [7, 11) is 0. The Bertz CT molecular complexity index is 340. The first kappa shape index (κ1) is 9.44. The molecule has 0 saturated heterocycles. The van der Waals surface area contributed by atoms with Gasteiger partial charge < -0.3 is 10.9 Å². The van der Waals surface area contributed by atoms with Crippen molar-refractivity contribution in [2.75, 3.05) is 0 Å². The summed E-state index contributed by atoms with van der Waals surface area (Å²) in [5, 5.41) is 12.4. The van der Waals surface area contributed by atoms with E-state index in [1.54, 1.807) is 0 Å². The van der Waals surface area contributed by atoms with Crippen LogP contribution < -0.4 is 5.84 Å². The highest BCUT2D eigenvalue weighted by molar-refractivity contribution is 6.01. The zero-order valence-corrected chi connectivity index (χ0v) is 6.88. The van der Waals surface area contributed by atoms with E-state index in [9.17, 15) is 8.78 Å². The fraction of sp³-hybridized carbons (Fsp3) is 0.125. The van der Waals surface area contributed by atoms with Gasteiger partial charge in [0.1, 0.15) is 17.4 Å². The van der Waals surface area contributed by atoms with E-state index in [4.69, 9.17) is 10.9 Å². The molecule has 0 bridgehead atoms. The third-order valence-corrected chi connectivity index (χ3v) is 1.59. The second kappa shape index (κ2) is 3.38. The minimum absolute atomic E-state index is 0.106. The predicted octanol–water partition coefficient (Wildman–Crippen LogP) is 1.35. The van der Waals surface area contributed by atoms with E-state index in [0.29, 0.717) is 6.07 Å². The number of hydrogen-bond donors (Lipinski definition) is 2. The molecule has 0 aromatic heterocycles. The number of hydrazone groups is 1. The molecule has 5 heteroatoms. The normalized spacial score (nSPS) is 11.8. The smallest absolute Gasteiger partial charge is 0.138 e. The number of hydrogen-bond acceptors (Lipinski definition) is 3. The molecule has 0 aliphatic rings. The average Bonchev–Trinajstić information content (AvgIpc) is 2.02. The lowest BCUT2D eigenvalue weighted by Gasteiger charge is -2.04. The third kappa shape index (κ3) is 1.74. The SMILES string of the molecule is C/C(=N\N)c1c(O)cc(F)cc1F. The summed E-state index contributed by atoms with van der Waals surface area (Å²) in [6.45, 7) is 1.41. The van der Waals surface area contributed by atoms with Crippen molar-refractivity contribution in [3.8, 4) is 5.75 Å². The number of phenols is 1. The van der Waals surface area contributed by atoms with Crippen molar-refractivity contribution in [2.45, 2.75) is 6.92 Å². The highest BCUT2D eigenvalue weighted by atomic mass is 19.1. The highest BCUT2D eigenvalue weighted by Gasteiger charge is 2.12. The van der Waals surface area contributed by atoms with Crippen LogP contribution in [0.3, 0.4) is 0 Å². The highest BCUT2D eigenvalue weighted by Crippen LogP contribution is 2.22. The molecule has 13 heavy (non-hydrogen) atoms. The van der Waals surface area contributed by atoms with Crippen LogP contribution in [0.1, 0.15) is 12.5 Å². The Hall–Kier alpha value is -1.65. The van der Waals surface area contributed by atoms with E-state index >= 15 is 0 Å². The van der Waals surface area contributed by atoms with Crippen LogP contribution in [-0.2, 0) is 0 Å². The molecule has 3 nitrogen and oxygen atoms in total. The zero-order chi connectivity index (χ0) is 10.0. The average molecular weight is 186 g/mol. The van der Waals surface area contributed by atoms with Crippen LogP contribution in [0.15, 0.2) is 17.2 Å². The van der Waals surface area contributed by atoms with Crippen molar-refractivity contribution in [1.82, 2.24) is 0 Å². The van der Waals surface area contributed by atoms with Crippen molar-refractivity contribution in [1.29, 1.82) is 0 Å². The molecule has 0 unspecified atom stereocenters. The molecule has 0 heterocycles. The molecule has 3 N–H and O–H groups in total. The molecule has 70 valence electrons. The van der Waals surface area contributed by atoms with E-state index in [0.717, 1.165) is 6.07 Å². The van der Waals surface area contributed by atoms with Crippen molar-refractivity contribution in [3.05, 3.63) is 29.3 Å². The quantitative estimate of drug-likeness (QED) is 0.395. The third-order valence-electron chi connectivity index (χ3n) is 1.59. The van der Waals surface area contributed by atoms with Crippen LogP contribution in [0.4, 0.5) is 8.78 Å². The number of halogens is 2. The molecule has 1 rings (SSSR count). The summed E-state index contributed by atoms with van der Waals surface area (Å²) in [6, 6.07) is 1.46. The van der Waals surface area contributed by atoms with Gasteiger partial charge in [0.05, 0.1) is 11.3 Å². The Morgan fingerprint density at radius 1 is 1.46 bits per heavy atom. The van der Waals surface area contributed by atoms with Crippen LogP contribution >= 0.6 is 0 Å². The van der Waals surface area contributed by atoms with Gasteiger partial charge in [-0.05, 0) is 6.92 Å². The Morgan fingerprint density at radius 3 is 2.54 bits per heavy atom. The zero-order valence-electron chi connectivity index (χ0n) is 6.88. The molecule has 0 aliphatic carbocycles. The maximum Gasteiger partial charge on any atom is 0.138 e. The van der Waals surface area contributed by atoms with E-state index in [2.05, 4.69) is 5.10 Å². The van der Waals surface area contributed by atoms with Gasteiger partial charge in [0.15, 0.2) is 0 Å². The maximum atomic E-state index is 13.0.